The standard InChI is InChI=1S/C22H35N5O4/c1-3-30-22(28)27-10-8-26(9-11-27)21(23-2)24-18-19-6-4-5-7-20(19)31-17-14-25-12-15-29-16-13-25/h4-7H,3,8-18H2,1-2H3,(H,23,24). The molecule has 9 nitrogen and oxygen atoms in total. The van der Waals surface area contributed by atoms with Crippen LogP contribution in [0.5, 0.6) is 5.75 Å². The normalized spacial score (nSPS) is 18.1. The molecule has 0 aromatic heterocycles. The molecule has 1 aromatic carbocycles. The summed E-state index contributed by atoms with van der Waals surface area (Å²) < 4.78 is 16.6. The fourth-order valence-electron chi connectivity index (χ4n) is 3.72. The zero-order valence-corrected chi connectivity index (χ0v) is 18.7. The molecule has 9 heteroatoms. The number of nitrogens with one attached hydrogen (secondary N) is 1. The zero-order chi connectivity index (χ0) is 21.9. The van der Waals surface area contributed by atoms with Crippen LogP contribution in [0.2, 0.25) is 0 Å². The molecule has 0 radical (unpaired) electrons. The highest BCUT2D eigenvalue weighted by atomic mass is 16.6. The minimum Gasteiger partial charge on any atom is -0.492 e. The largest absolute Gasteiger partial charge is 0.492 e. The van der Waals surface area contributed by atoms with Gasteiger partial charge in [0.15, 0.2) is 5.96 Å². The van der Waals surface area contributed by atoms with E-state index in [1.54, 1.807) is 11.9 Å². The van der Waals surface area contributed by atoms with Crippen LogP contribution in [0.4, 0.5) is 4.79 Å². The van der Waals surface area contributed by atoms with E-state index >= 15 is 0 Å². The lowest BCUT2D eigenvalue weighted by atomic mass is 10.2. The first-order valence-corrected chi connectivity index (χ1v) is 11.1. The Bertz CT molecular complexity index is 716. The van der Waals surface area contributed by atoms with Crippen LogP contribution >= 0.6 is 0 Å². The van der Waals surface area contributed by atoms with E-state index in [0.29, 0.717) is 32.8 Å². The van der Waals surface area contributed by atoms with Crippen LogP contribution in [0.3, 0.4) is 0 Å². The van der Waals surface area contributed by atoms with Gasteiger partial charge in [0.2, 0.25) is 0 Å². The SMILES string of the molecule is CCOC(=O)N1CCN(C(=NC)NCc2ccccc2OCCN2CCOCC2)CC1. The molecule has 0 atom stereocenters. The Hall–Kier alpha value is -2.52. The van der Waals surface area contributed by atoms with Crippen molar-refractivity contribution in [1.29, 1.82) is 0 Å². The molecule has 1 amide bonds. The maximum atomic E-state index is 11.9. The lowest BCUT2D eigenvalue weighted by Crippen LogP contribution is -2.53. The summed E-state index contributed by atoms with van der Waals surface area (Å²) >= 11 is 0. The number of nitrogens with zero attached hydrogens (tertiary/aromatic N) is 4. The van der Waals surface area contributed by atoms with E-state index in [4.69, 9.17) is 14.2 Å². The zero-order valence-electron chi connectivity index (χ0n) is 18.7. The Morgan fingerprint density at radius 1 is 1.10 bits per heavy atom. The van der Waals surface area contributed by atoms with E-state index in [0.717, 1.165) is 63.2 Å². The smallest absolute Gasteiger partial charge is 0.409 e. The number of guanidine groups is 1. The van der Waals surface area contributed by atoms with E-state index < -0.39 is 0 Å². The number of morpholine rings is 1. The molecule has 0 saturated carbocycles. The summed E-state index contributed by atoms with van der Waals surface area (Å²) in [6, 6.07) is 8.10. The molecule has 31 heavy (non-hydrogen) atoms. The Morgan fingerprint density at radius 2 is 1.81 bits per heavy atom. The second-order valence-corrected chi connectivity index (χ2v) is 7.48. The number of piperazine rings is 1. The molecule has 1 aromatic rings. The maximum absolute atomic E-state index is 11.9. The molecule has 0 unspecified atom stereocenters. The second-order valence-electron chi connectivity index (χ2n) is 7.48. The fourth-order valence-corrected chi connectivity index (χ4v) is 3.72. The van der Waals surface area contributed by atoms with Crippen molar-refractivity contribution in [3.05, 3.63) is 29.8 Å². The van der Waals surface area contributed by atoms with Gasteiger partial charge in [-0.25, -0.2) is 4.79 Å². The fraction of sp³-hybridized carbons (Fsp3) is 0.636. The number of amides is 1. The summed E-state index contributed by atoms with van der Waals surface area (Å²) in [5.74, 6) is 1.72. The third kappa shape index (κ3) is 7.00. The molecule has 2 aliphatic heterocycles. The monoisotopic (exact) mass is 433 g/mol. The van der Waals surface area contributed by atoms with Gasteiger partial charge in [0.1, 0.15) is 12.4 Å². The number of carbonyl (C=O) groups is 1. The van der Waals surface area contributed by atoms with Gasteiger partial charge in [-0.05, 0) is 13.0 Å². The topological polar surface area (TPSA) is 78.9 Å². The first-order valence-electron chi connectivity index (χ1n) is 11.1. The lowest BCUT2D eigenvalue weighted by Gasteiger charge is -2.35. The van der Waals surface area contributed by atoms with Crippen LogP contribution in [0.1, 0.15) is 12.5 Å². The van der Waals surface area contributed by atoms with E-state index in [9.17, 15) is 4.79 Å². The maximum Gasteiger partial charge on any atom is 0.409 e. The number of hydrogen-bond acceptors (Lipinski definition) is 6. The molecular formula is C22H35N5O4. The van der Waals surface area contributed by atoms with Crippen LogP contribution in [0.15, 0.2) is 29.3 Å². The molecule has 172 valence electrons. The van der Waals surface area contributed by atoms with Crippen LogP contribution in [0, 0.1) is 0 Å². The number of hydrogen-bond donors (Lipinski definition) is 1. The van der Waals surface area contributed by atoms with Gasteiger partial charge in [-0.3, -0.25) is 9.89 Å². The molecule has 0 aliphatic carbocycles. The minimum absolute atomic E-state index is 0.242. The van der Waals surface area contributed by atoms with Crippen molar-refractivity contribution in [2.45, 2.75) is 13.5 Å². The summed E-state index contributed by atoms with van der Waals surface area (Å²) in [6.07, 6.45) is -0.242. The van der Waals surface area contributed by atoms with Gasteiger partial charge in [-0.15, -0.1) is 0 Å². The van der Waals surface area contributed by atoms with Crippen molar-refractivity contribution in [1.82, 2.24) is 20.0 Å². The highest BCUT2D eigenvalue weighted by Crippen LogP contribution is 2.18. The van der Waals surface area contributed by atoms with E-state index in [-0.39, 0.29) is 6.09 Å². The van der Waals surface area contributed by atoms with Crippen molar-refractivity contribution >= 4 is 12.1 Å². The quantitative estimate of drug-likeness (QED) is 0.512. The number of rotatable bonds is 7. The lowest BCUT2D eigenvalue weighted by molar-refractivity contribution is 0.0322. The summed E-state index contributed by atoms with van der Waals surface area (Å²) in [5, 5.41) is 3.44. The van der Waals surface area contributed by atoms with Gasteiger partial charge in [0.05, 0.1) is 19.8 Å². The van der Waals surface area contributed by atoms with Gasteiger partial charge >= 0.3 is 6.09 Å². The molecule has 1 N–H and O–H groups in total. The number of ether oxygens (including phenoxy) is 3. The molecular weight excluding hydrogens is 398 g/mol. The summed E-state index contributed by atoms with van der Waals surface area (Å²) in [7, 11) is 1.78. The first-order chi connectivity index (χ1) is 15.2. The number of para-hydroxylation sites is 1. The number of benzene rings is 1. The molecule has 0 spiro atoms. The van der Waals surface area contributed by atoms with Crippen molar-refractivity contribution < 1.29 is 19.0 Å². The van der Waals surface area contributed by atoms with E-state index in [1.807, 2.05) is 25.1 Å². The van der Waals surface area contributed by atoms with Crippen LogP contribution in [-0.2, 0) is 16.0 Å². The van der Waals surface area contributed by atoms with E-state index in [2.05, 4.69) is 26.2 Å². The molecule has 2 saturated heterocycles. The third-order valence-electron chi connectivity index (χ3n) is 5.50. The number of aliphatic imine (C=N–C) groups is 1. The van der Waals surface area contributed by atoms with Crippen molar-refractivity contribution in [2.75, 3.05) is 79.3 Å². The Morgan fingerprint density at radius 3 is 2.52 bits per heavy atom. The highest BCUT2D eigenvalue weighted by Gasteiger charge is 2.23. The predicted molar refractivity (Wildman–Crippen MR) is 120 cm³/mol. The Balaban J connectivity index is 1.46. The van der Waals surface area contributed by atoms with Crippen LogP contribution in [0.25, 0.3) is 0 Å². The van der Waals surface area contributed by atoms with Crippen molar-refractivity contribution in [3.8, 4) is 5.75 Å². The minimum atomic E-state index is -0.242. The first kappa shape index (κ1) is 23.1. The molecule has 2 heterocycles. The Kier molecular flexibility index (Phi) is 9.23. The second kappa shape index (κ2) is 12.4. The molecule has 2 aliphatic rings. The summed E-state index contributed by atoms with van der Waals surface area (Å²) in [5.41, 5.74) is 1.09. The van der Waals surface area contributed by atoms with Gasteiger partial charge in [-0.1, -0.05) is 18.2 Å². The third-order valence-corrected chi connectivity index (χ3v) is 5.50. The highest BCUT2D eigenvalue weighted by molar-refractivity contribution is 5.80. The summed E-state index contributed by atoms with van der Waals surface area (Å²) in [6.45, 7) is 10.6. The average Bonchev–Trinajstić information content (AvgIpc) is 2.81. The molecule has 3 rings (SSSR count). The van der Waals surface area contributed by atoms with Gasteiger partial charge in [0, 0.05) is 65.0 Å². The summed E-state index contributed by atoms with van der Waals surface area (Å²) in [4.78, 5) is 22.6. The van der Waals surface area contributed by atoms with Crippen molar-refractivity contribution in [3.63, 3.8) is 0 Å². The van der Waals surface area contributed by atoms with Crippen LogP contribution in [-0.4, -0.2) is 106 Å². The molecule has 2 fully saturated rings. The predicted octanol–water partition coefficient (Wildman–Crippen LogP) is 1.25. The van der Waals surface area contributed by atoms with E-state index in [1.165, 1.54) is 0 Å². The van der Waals surface area contributed by atoms with Gasteiger partial charge in [0.25, 0.3) is 0 Å². The van der Waals surface area contributed by atoms with Crippen LogP contribution < -0.4 is 10.1 Å². The van der Waals surface area contributed by atoms with Gasteiger partial charge in [-0.2, -0.15) is 0 Å². The number of carbonyl (C=O) groups excluding carboxylic acids is 1. The Labute approximate surface area is 184 Å². The molecule has 0 bridgehead atoms. The average molecular weight is 434 g/mol. The van der Waals surface area contributed by atoms with Crippen molar-refractivity contribution in [2.24, 2.45) is 4.99 Å². The van der Waals surface area contributed by atoms with Gasteiger partial charge < -0.3 is 29.3 Å².